The first-order valence-electron chi connectivity index (χ1n) is 43.3. The van der Waals surface area contributed by atoms with Gasteiger partial charge >= 0.3 is 0 Å². The number of hydrogen-bond acceptors (Lipinski definition) is 1. The fourth-order valence-corrected chi connectivity index (χ4v) is 12.4. The van der Waals surface area contributed by atoms with Crippen LogP contribution in [-0.4, -0.2) is 0 Å². The number of nitriles is 1. The van der Waals surface area contributed by atoms with E-state index in [2.05, 4.69) is 203 Å². The highest BCUT2D eigenvalue weighted by Gasteiger charge is 2.20. The zero-order valence-electron chi connectivity index (χ0n) is 76.2. The van der Waals surface area contributed by atoms with Crippen molar-refractivity contribution >= 4 is 0 Å². The Morgan fingerprint density at radius 2 is 0.699 bits per heavy atom. The average Bonchev–Trinajstić information content (AvgIpc) is 1.09. The van der Waals surface area contributed by atoms with Gasteiger partial charge in [-0.3, -0.25) is 0 Å². The lowest BCUT2D eigenvalue weighted by molar-refractivity contribution is 0.279. The summed E-state index contributed by atoms with van der Waals surface area (Å²) >= 11 is 0. The van der Waals surface area contributed by atoms with Gasteiger partial charge in [0.25, 0.3) is 0 Å². The van der Waals surface area contributed by atoms with E-state index in [1.165, 1.54) is 173 Å². The van der Waals surface area contributed by atoms with Crippen LogP contribution in [0.3, 0.4) is 0 Å². The highest BCUT2D eigenvalue weighted by Crippen LogP contribution is 2.33. The Kier molecular flexibility index (Phi) is 64.4. The van der Waals surface area contributed by atoms with E-state index in [-0.39, 0.29) is 35.4 Å². The van der Waals surface area contributed by atoms with Gasteiger partial charge in [-0.2, -0.15) is 5.26 Å². The van der Waals surface area contributed by atoms with Crippen molar-refractivity contribution in [3.63, 3.8) is 0 Å². The van der Waals surface area contributed by atoms with Crippen molar-refractivity contribution in [3.8, 4) is 6.07 Å². The summed E-state index contributed by atoms with van der Waals surface area (Å²) in [5.41, 5.74) is 2.22. The molecule has 1 aromatic carbocycles. The van der Waals surface area contributed by atoms with Crippen LogP contribution in [-0.2, 0) is 6.42 Å². The lowest BCUT2D eigenvalue weighted by atomic mass is 9.82. The summed E-state index contributed by atoms with van der Waals surface area (Å²) in [6.45, 7) is 73.9. The Hall–Kier alpha value is -1.29. The van der Waals surface area contributed by atoms with Gasteiger partial charge < -0.3 is 0 Å². The summed E-state index contributed by atoms with van der Waals surface area (Å²) in [5, 5.41) is 7.89. The van der Waals surface area contributed by atoms with Crippen molar-refractivity contribution in [1.82, 2.24) is 0 Å². The van der Waals surface area contributed by atoms with E-state index in [1.54, 1.807) is 0 Å². The maximum atomic E-state index is 8.08. The fourth-order valence-electron chi connectivity index (χ4n) is 12.4. The second-order valence-electron chi connectivity index (χ2n) is 36.4. The lowest BCUT2D eigenvalue weighted by Crippen LogP contribution is -2.12. The quantitative estimate of drug-likeness (QED) is 0.143. The van der Waals surface area contributed by atoms with Gasteiger partial charge in [-0.15, -0.1) is 0 Å². The van der Waals surface area contributed by atoms with Crippen LogP contribution in [0.25, 0.3) is 0 Å². The Labute approximate surface area is 602 Å². The summed E-state index contributed by atoms with van der Waals surface area (Å²) in [6, 6.07) is 12.6. The monoisotopic (exact) mass is 1310 g/mol. The molecule has 1 heteroatoms. The zero-order valence-corrected chi connectivity index (χ0v) is 71.2. The van der Waals surface area contributed by atoms with E-state index in [0.717, 1.165) is 84.9 Å². The number of rotatable bonds is 13. The Bertz CT molecular complexity index is 1830. The molecule has 93 heavy (non-hydrogen) atoms. The van der Waals surface area contributed by atoms with E-state index in [0.29, 0.717) is 22.7 Å². The minimum Gasteiger partial charge on any atom is -0.198 e. The van der Waals surface area contributed by atoms with Gasteiger partial charge in [0.05, 0.1) is 6.07 Å². The summed E-state index contributed by atoms with van der Waals surface area (Å²) in [7, 11) is 0. The molecule has 5 aliphatic carbocycles. The van der Waals surface area contributed by atoms with Crippen molar-refractivity contribution in [2.45, 2.75) is 441 Å². The molecule has 0 unspecified atom stereocenters. The van der Waals surface area contributed by atoms with Gasteiger partial charge in [-0.05, 0) is 144 Å². The number of hydrogen-bond donors (Lipinski definition) is 0. The summed E-state index contributed by atoms with van der Waals surface area (Å²) in [5.74, 6) is 10.5. The van der Waals surface area contributed by atoms with Crippen LogP contribution in [0.5, 0.6) is 0 Å². The first-order valence-corrected chi connectivity index (χ1v) is 40.7. The molecule has 1 nitrogen and oxygen atoms in total. The molecule has 560 valence electrons. The Balaban J connectivity index is -0.000000237. The molecule has 0 amide bonds. The van der Waals surface area contributed by atoms with Crippen molar-refractivity contribution in [2.24, 2.45) is 111 Å². The summed E-state index contributed by atoms with van der Waals surface area (Å²) in [4.78, 5) is 0. The first-order chi connectivity index (χ1) is 44.8. The molecular weight excluding hydrogens is 1120 g/mol. The summed E-state index contributed by atoms with van der Waals surface area (Å²) in [6.07, 6.45) is 40.5. The zero-order chi connectivity index (χ0) is 77.7. The van der Waals surface area contributed by atoms with Crippen LogP contribution >= 0.6 is 0 Å². The van der Waals surface area contributed by atoms with Gasteiger partial charge in [-0.1, -0.05) is 438 Å². The van der Waals surface area contributed by atoms with E-state index in [1.807, 2.05) is 68.4 Å². The Morgan fingerprint density at radius 3 is 0.882 bits per heavy atom. The van der Waals surface area contributed by atoms with Crippen LogP contribution in [0.4, 0.5) is 0 Å². The molecular formula is C92H187N. The van der Waals surface area contributed by atoms with Gasteiger partial charge in [0.1, 0.15) is 0 Å². The van der Waals surface area contributed by atoms with Crippen LogP contribution in [0, 0.1) is 122 Å². The third kappa shape index (κ3) is 83.1. The van der Waals surface area contributed by atoms with Crippen molar-refractivity contribution < 1.29 is 6.85 Å². The lowest BCUT2D eigenvalue weighted by Gasteiger charge is -2.24. The standard InChI is InChI=1S/C10H14.C10H20.2C9H18.2C8H16.3C8H18.C7H16.C4H7N.C3H8/c1-9(2)8-10-6-4-3-5-7-10;1-9(2)10-7-5-3-4-6-8-10;2*1-8(2)9-6-4-3-5-7-9;2*1-7(2)8-5-3-4-6-8;2*1-7(2)6-8(3,4)5;1-4-5-6-7-8(2)3;1-6(2)7(3,4)5;1-4(2)3-5;1-3-2/h3-7,9H,8H2,1-2H3;9-10H,3-8H2,1-2H3;2*8-9H,3-7H2,1-2H3;2*7-8H,3-6H2,1-2H3;2*7H,6H2,1-5H3;8H,4-7H2,1-3H3;6H,1-5H3;4H,1-2H3;3H2,1-2H3/i;;9D;;8D;;6D2;;;;;3D. The normalized spacial score (nSPS) is 18.3. The summed E-state index contributed by atoms with van der Waals surface area (Å²) < 4.78 is 38.0. The van der Waals surface area contributed by atoms with E-state index in [4.69, 9.17) is 12.1 Å². The second-order valence-corrected chi connectivity index (χ2v) is 36.4. The van der Waals surface area contributed by atoms with Crippen LogP contribution in [0.15, 0.2) is 30.3 Å². The van der Waals surface area contributed by atoms with Crippen LogP contribution < -0.4 is 0 Å². The number of benzene rings is 1. The molecule has 0 spiro atoms. The maximum absolute atomic E-state index is 8.08. The maximum Gasteiger partial charge on any atom is 0.0649 e. The van der Waals surface area contributed by atoms with Gasteiger partial charge in [0.2, 0.25) is 0 Å². The topological polar surface area (TPSA) is 23.8 Å². The molecule has 5 fully saturated rings. The Morgan fingerprint density at radius 1 is 0.409 bits per heavy atom. The van der Waals surface area contributed by atoms with E-state index in [9.17, 15) is 0 Å². The number of unbranched alkanes of at least 4 members (excludes halogenated alkanes) is 2. The molecule has 1 aromatic rings. The average molecular weight is 1310 g/mol. The molecule has 0 bridgehead atoms. The minimum atomic E-state index is -1.06. The first kappa shape index (κ1) is 91.7. The molecule has 0 heterocycles. The SMILES string of the molecule is CC(C)C#N.CC(C)C(C)(C)C.CC(C)C1CCCC1.CC(C)C1CCCCC1.CC(C)C1CCCCCC1.CC(C)CC(C)(C)C.CC(C)Cc1ccccc1.CCCCCC(C)C.[2H]C(C)C.[2H]C([2H])(C(C)C)C(C)(C)C.[2H]C1(C(C)C)CCCC1.[2H]C1(C(C)C)CCCCC1. The highest BCUT2D eigenvalue weighted by atomic mass is 14.3. The van der Waals surface area contributed by atoms with Gasteiger partial charge in [-0.25, -0.2) is 0 Å². The highest BCUT2D eigenvalue weighted by molar-refractivity contribution is 5.14. The third-order valence-corrected chi connectivity index (χ3v) is 18.8. The van der Waals surface area contributed by atoms with Crippen molar-refractivity contribution in [3.05, 3.63) is 35.9 Å². The predicted molar refractivity (Wildman–Crippen MR) is 435 cm³/mol. The van der Waals surface area contributed by atoms with Crippen LogP contribution in [0.1, 0.15) is 447 Å². The molecule has 5 saturated carbocycles. The van der Waals surface area contributed by atoms with E-state index >= 15 is 0 Å². The molecule has 5 aliphatic rings. The minimum absolute atomic E-state index is 0.0556. The molecule has 0 saturated heterocycles. The largest absolute Gasteiger partial charge is 0.198 e. The third-order valence-electron chi connectivity index (χ3n) is 18.8. The predicted octanol–water partition coefficient (Wildman–Crippen LogP) is 33.3. The van der Waals surface area contributed by atoms with Crippen molar-refractivity contribution in [1.29, 1.82) is 5.26 Å². The smallest absolute Gasteiger partial charge is 0.0649 e. The fraction of sp³-hybridized carbons (Fsp3) is 0.924. The van der Waals surface area contributed by atoms with Gasteiger partial charge in [0.15, 0.2) is 0 Å². The molecule has 0 aliphatic heterocycles. The number of nitrogens with zero attached hydrogens (tertiary/aromatic N) is 1. The molecule has 0 aromatic heterocycles. The van der Waals surface area contributed by atoms with Gasteiger partial charge in [0, 0.05) is 12.8 Å². The molecule has 6 rings (SSSR count). The van der Waals surface area contributed by atoms with E-state index < -0.39 is 6.37 Å². The second kappa shape index (κ2) is 65.3. The van der Waals surface area contributed by atoms with Crippen molar-refractivity contribution in [2.75, 3.05) is 0 Å². The molecule has 0 N–H and O–H groups in total. The molecule has 0 atom stereocenters. The van der Waals surface area contributed by atoms with Crippen LogP contribution in [0.2, 0.25) is 0 Å². The molecule has 0 radical (unpaired) electrons.